The molecule has 0 saturated carbocycles. The van der Waals surface area contributed by atoms with Gasteiger partial charge in [-0.1, -0.05) is 12.1 Å². The van der Waals surface area contributed by atoms with Crippen molar-refractivity contribution < 1.29 is 19.1 Å². The Morgan fingerprint density at radius 3 is 2.43 bits per heavy atom. The van der Waals surface area contributed by atoms with Crippen molar-refractivity contribution in [3.63, 3.8) is 0 Å². The standard InChI is InChI=1S/C17H16O4/c1-12(19)14-5-8-17(15(9-14)10-18)21-11-13-3-6-16(20-2)7-4-13/h3-10H,11H2,1-2H3. The highest BCUT2D eigenvalue weighted by molar-refractivity contribution is 5.96. The van der Waals surface area contributed by atoms with Crippen LogP contribution in [0.4, 0.5) is 0 Å². The number of hydrogen-bond acceptors (Lipinski definition) is 4. The van der Waals surface area contributed by atoms with E-state index in [9.17, 15) is 9.59 Å². The summed E-state index contributed by atoms with van der Waals surface area (Å²) in [5, 5.41) is 0. The van der Waals surface area contributed by atoms with Gasteiger partial charge in [0.2, 0.25) is 0 Å². The molecule has 0 aromatic heterocycles. The van der Waals surface area contributed by atoms with Crippen LogP contribution in [-0.2, 0) is 6.61 Å². The summed E-state index contributed by atoms with van der Waals surface area (Å²) in [6, 6.07) is 12.3. The van der Waals surface area contributed by atoms with E-state index in [1.807, 2.05) is 24.3 Å². The number of carbonyl (C=O) groups is 2. The van der Waals surface area contributed by atoms with E-state index in [4.69, 9.17) is 9.47 Å². The second-order valence-corrected chi connectivity index (χ2v) is 4.56. The van der Waals surface area contributed by atoms with Gasteiger partial charge in [0.25, 0.3) is 0 Å². The van der Waals surface area contributed by atoms with Crippen LogP contribution < -0.4 is 9.47 Å². The Morgan fingerprint density at radius 2 is 1.86 bits per heavy atom. The van der Waals surface area contributed by atoms with Gasteiger partial charge in [-0.25, -0.2) is 0 Å². The molecule has 0 atom stereocenters. The van der Waals surface area contributed by atoms with E-state index < -0.39 is 0 Å². The van der Waals surface area contributed by atoms with Crippen LogP contribution in [0.1, 0.15) is 33.2 Å². The van der Waals surface area contributed by atoms with E-state index in [2.05, 4.69) is 0 Å². The molecule has 0 aliphatic carbocycles. The second-order valence-electron chi connectivity index (χ2n) is 4.56. The van der Waals surface area contributed by atoms with Gasteiger partial charge in [0.15, 0.2) is 12.1 Å². The lowest BCUT2D eigenvalue weighted by atomic mass is 10.1. The molecule has 0 N–H and O–H groups in total. The van der Waals surface area contributed by atoms with Crippen LogP contribution in [-0.4, -0.2) is 19.2 Å². The summed E-state index contributed by atoms with van der Waals surface area (Å²) in [5.41, 5.74) is 1.83. The number of methoxy groups -OCH3 is 1. The number of benzene rings is 2. The van der Waals surface area contributed by atoms with Crippen LogP contribution >= 0.6 is 0 Å². The maximum Gasteiger partial charge on any atom is 0.159 e. The summed E-state index contributed by atoms with van der Waals surface area (Å²) in [5.74, 6) is 1.16. The largest absolute Gasteiger partial charge is 0.497 e. The molecular formula is C17H16O4. The third-order valence-corrected chi connectivity index (χ3v) is 3.10. The molecule has 0 fully saturated rings. The molecule has 0 bridgehead atoms. The van der Waals surface area contributed by atoms with Gasteiger partial charge in [0, 0.05) is 5.56 Å². The van der Waals surface area contributed by atoms with Gasteiger partial charge in [-0.3, -0.25) is 9.59 Å². The van der Waals surface area contributed by atoms with Crippen LogP contribution in [0.25, 0.3) is 0 Å². The lowest BCUT2D eigenvalue weighted by Crippen LogP contribution is -2.00. The minimum absolute atomic E-state index is 0.0835. The molecule has 2 aromatic carbocycles. The third kappa shape index (κ3) is 3.69. The highest BCUT2D eigenvalue weighted by Gasteiger charge is 2.07. The molecule has 0 heterocycles. The first-order chi connectivity index (χ1) is 10.1. The Labute approximate surface area is 123 Å². The van der Waals surface area contributed by atoms with Crippen molar-refractivity contribution in [2.24, 2.45) is 0 Å². The van der Waals surface area contributed by atoms with Gasteiger partial charge in [-0.05, 0) is 42.8 Å². The van der Waals surface area contributed by atoms with Crippen molar-refractivity contribution in [2.75, 3.05) is 7.11 Å². The van der Waals surface area contributed by atoms with Crippen molar-refractivity contribution in [2.45, 2.75) is 13.5 Å². The van der Waals surface area contributed by atoms with Crippen LogP contribution in [0.2, 0.25) is 0 Å². The van der Waals surface area contributed by atoms with Gasteiger partial charge in [-0.2, -0.15) is 0 Å². The molecule has 0 spiro atoms. The Balaban J connectivity index is 2.11. The smallest absolute Gasteiger partial charge is 0.159 e. The lowest BCUT2D eigenvalue weighted by molar-refractivity contribution is 0.101. The quantitative estimate of drug-likeness (QED) is 0.603. The highest BCUT2D eigenvalue weighted by Crippen LogP contribution is 2.21. The monoisotopic (exact) mass is 284 g/mol. The third-order valence-electron chi connectivity index (χ3n) is 3.10. The lowest BCUT2D eigenvalue weighted by Gasteiger charge is -2.10. The summed E-state index contributed by atoms with van der Waals surface area (Å²) in [4.78, 5) is 22.4. The molecule has 0 unspecified atom stereocenters. The molecule has 4 nitrogen and oxygen atoms in total. The van der Waals surface area contributed by atoms with E-state index in [0.717, 1.165) is 11.3 Å². The number of carbonyl (C=O) groups excluding carboxylic acids is 2. The summed E-state index contributed by atoms with van der Waals surface area (Å²) in [6.45, 7) is 1.80. The normalized spacial score (nSPS) is 10.0. The number of hydrogen-bond donors (Lipinski definition) is 0. The summed E-state index contributed by atoms with van der Waals surface area (Å²) in [7, 11) is 1.61. The van der Waals surface area contributed by atoms with E-state index in [1.165, 1.54) is 6.92 Å². The van der Waals surface area contributed by atoms with Crippen LogP contribution in [0, 0.1) is 0 Å². The van der Waals surface area contributed by atoms with E-state index in [0.29, 0.717) is 29.8 Å². The van der Waals surface area contributed by atoms with E-state index >= 15 is 0 Å². The first kappa shape index (κ1) is 14.8. The Morgan fingerprint density at radius 1 is 1.14 bits per heavy atom. The van der Waals surface area contributed by atoms with Gasteiger partial charge < -0.3 is 9.47 Å². The summed E-state index contributed by atoms with van der Waals surface area (Å²) in [6.07, 6.45) is 0.690. The predicted molar refractivity (Wildman–Crippen MR) is 79.2 cm³/mol. The fourth-order valence-electron chi connectivity index (χ4n) is 1.87. The minimum Gasteiger partial charge on any atom is -0.497 e. The molecular weight excluding hydrogens is 268 g/mol. The minimum atomic E-state index is -0.0835. The molecule has 0 radical (unpaired) electrons. The molecule has 108 valence electrons. The average Bonchev–Trinajstić information content (AvgIpc) is 2.53. The maximum atomic E-state index is 11.3. The van der Waals surface area contributed by atoms with Gasteiger partial charge in [-0.15, -0.1) is 0 Å². The Hall–Kier alpha value is -2.62. The molecule has 21 heavy (non-hydrogen) atoms. The summed E-state index contributed by atoms with van der Waals surface area (Å²) < 4.78 is 10.7. The van der Waals surface area contributed by atoms with E-state index in [-0.39, 0.29) is 5.78 Å². The van der Waals surface area contributed by atoms with Crippen LogP contribution in [0.15, 0.2) is 42.5 Å². The molecule has 2 rings (SSSR count). The number of Topliss-reactive ketones (excluding diaryl/α,β-unsaturated/α-hetero) is 1. The molecule has 4 heteroatoms. The zero-order valence-electron chi connectivity index (χ0n) is 12.0. The zero-order chi connectivity index (χ0) is 15.2. The molecule has 0 saturated heterocycles. The molecule has 0 amide bonds. The number of ketones is 1. The van der Waals surface area contributed by atoms with Crippen molar-refractivity contribution >= 4 is 12.1 Å². The van der Waals surface area contributed by atoms with E-state index in [1.54, 1.807) is 25.3 Å². The summed E-state index contributed by atoms with van der Waals surface area (Å²) >= 11 is 0. The number of rotatable bonds is 6. The van der Waals surface area contributed by atoms with Gasteiger partial charge >= 0.3 is 0 Å². The van der Waals surface area contributed by atoms with Gasteiger partial charge in [0.05, 0.1) is 12.7 Å². The van der Waals surface area contributed by atoms with Crippen molar-refractivity contribution in [1.82, 2.24) is 0 Å². The fourth-order valence-corrected chi connectivity index (χ4v) is 1.87. The topological polar surface area (TPSA) is 52.6 Å². The Kier molecular flexibility index (Phi) is 4.72. The number of ether oxygens (including phenoxy) is 2. The van der Waals surface area contributed by atoms with Crippen molar-refractivity contribution in [1.29, 1.82) is 0 Å². The number of aldehydes is 1. The first-order valence-electron chi connectivity index (χ1n) is 6.50. The first-order valence-corrected chi connectivity index (χ1v) is 6.50. The van der Waals surface area contributed by atoms with Crippen molar-refractivity contribution in [3.05, 3.63) is 59.2 Å². The SMILES string of the molecule is COc1ccc(COc2ccc(C(C)=O)cc2C=O)cc1. The van der Waals surface area contributed by atoms with Crippen LogP contribution in [0.3, 0.4) is 0 Å². The molecule has 0 aliphatic heterocycles. The average molecular weight is 284 g/mol. The predicted octanol–water partition coefficient (Wildman–Crippen LogP) is 3.29. The van der Waals surface area contributed by atoms with Gasteiger partial charge in [0.1, 0.15) is 18.1 Å². The zero-order valence-corrected chi connectivity index (χ0v) is 12.0. The maximum absolute atomic E-state index is 11.3. The molecule has 2 aromatic rings. The fraction of sp³-hybridized carbons (Fsp3) is 0.176. The van der Waals surface area contributed by atoms with Crippen molar-refractivity contribution in [3.8, 4) is 11.5 Å². The highest BCUT2D eigenvalue weighted by atomic mass is 16.5. The van der Waals surface area contributed by atoms with Crippen LogP contribution in [0.5, 0.6) is 11.5 Å². The second kappa shape index (κ2) is 6.70. The molecule has 0 aliphatic rings. The Bertz CT molecular complexity index is 644.